The van der Waals surface area contributed by atoms with Crippen molar-refractivity contribution in [3.05, 3.63) is 34.4 Å². The zero-order valence-electron chi connectivity index (χ0n) is 10.3. The van der Waals surface area contributed by atoms with Gasteiger partial charge in [-0.2, -0.15) is 5.26 Å². The fourth-order valence-electron chi connectivity index (χ4n) is 1.56. The van der Waals surface area contributed by atoms with E-state index in [-0.39, 0.29) is 10.9 Å². The Labute approximate surface area is 110 Å². The number of hydrogen-bond acceptors (Lipinski definition) is 5. The summed E-state index contributed by atoms with van der Waals surface area (Å²) >= 11 is 1.55. The third kappa shape index (κ3) is 4.35. The van der Waals surface area contributed by atoms with Crippen LogP contribution in [-0.4, -0.2) is 15.7 Å². The van der Waals surface area contributed by atoms with E-state index >= 15 is 0 Å². The summed E-state index contributed by atoms with van der Waals surface area (Å²) in [6, 6.07) is 8.42. The predicted octanol–water partition coefficient (Wildman–Crippen LogP) is 2.71. The molecular formula is C12H15N3O2S. The number of nitro groups is 1. The van der Waals surface area contributed by atoms with Gasteiger partial charge in [0.1, 0.15) is 5.54 Å². The lowest BCUT2D eigenvalue weighted by Gasteiger charge is -2.20. The lowest BCUT2D eigenvalue weighted by molar-refractivity contribution is -0.384. The number of nitrogens with zero attached hydrogens (tertiary/aromatic N) is 2. The second-order valence-corrected chi connectivity index (χ2v) is 5.92. The Hall–Kier alpha value is -1.58. The third-order valence-corrected chi connectivity index (χ3v) is 3.47. The van der Waals surface area contributed by atoms with E-state index in [1.54, 1.807) is 30.8 Å². The van der Waals surface area contributed by atoms with E-state index in [2.05, 4.69) is 6.07 Å². The fraction of sp³-hybridized carbons (Fsp3) is 0.417. The van der Waals surface area contributed by atoms with Crippen molar-refractivity contribution in [3.63, 3.8) is 0 Å². The number of rotatable bonds is 5. The van der Waals surface area contributed by atoms with Gasteiger partial charge < -0.3 is 5.73 Å². The SMILES string of the molecule is CC(CC(C)(N)C#N)Sc1ccc([N+](=O)[O-])cc1. The molecule has 0 spiro atoms. The van der Waals surface area contributed by atoms with Gasteiger partial charge in [0, 0.05) is 22.3 Å². The molecule has 0 amide bonds. The lowest BCUT2D eigenvalue weighted by atomic mass is 10.00. The van der Waals surface area contributed by atoms with Crippen LogP contribution < -0.4 is 5.73 Å². The molecule has 2 N–H and O–H groups in total. The van der Waals surface area contributed by atoms with Crippen molar-refractivity contribution in [2.24, 2.45) is 5.73 Å². The second kappa shape index (κ2) is 5.85. The molecule has 0 saturated carbocycles. The van der Waals surface area contributed by atoms with Crippen LogP contribution >= 0.6 is 11.8 Å². The average molecular weight is 265 g/mol. The summed E-state index contributed by atoms with van der Waals surface area (Å²) in [7, 11) is 0. The van der Waals surface area contributed by atoms with Gasteiger partial charge >= 0.3 is 0 Å². The fourth-order valence-corrected chi connectivity index (χ4v) is 2.75. The van der Waals surface area contributed by atoms with Gasteiger partial charge in [0.2, 0.25) is 0 Å². The first-order valence-electron chi connectivity index (χ1n) is 5.45. The highest BCUT2D eigenvalue weighted by molar-refractivity contribution is 7.99. The smallest absolute Gasteiger partial charge is 0.269 e. The first-order valence-corrected chi connectivity index (χ1v) is 6.33. The molecule has 0 heterocycles. The Morgan fingerprint density at radius 1 is 1.56 bits per heavy atom. The molecule has 1 aromatic carbocycles. The first-order chi connectivity index (χ1) is 8.34. The number of non-ortho nitro benzene ring substituents is 1. The molecule has 0 aliphatic heterocycles. The molecule has 6 heteroatoms. The molecule has 96 valence electrons. The number of nitriles is 1. The quantitative estimate of drug-likeness (QED) is 0.502. The minimum atomic E-state index is -0.840. The maximum Gasteiger partial charge on any atom is 0.269 e. The van der Waals surface area contributed by atoms with Crippen LogP contribution in [0.4, 0.5) is 5.69 Å². The standard InChI is InChI=1S/C12H15N3O2S/c1-9(7-12(2,14)8-13)18-11-5-3-10(4-6-11)15(16)17/h3-6,9H,7,14H2,1-2H3. The molecule has 1 aromatic rings. The molecule has 2 unspecified atom stereocenters. The Balaban J connectivity index is 2.63. The minimum absolute atomic E-state index is 0.0766. The Morgan fingerprint density at radius 3 is 2.56 bits per heavy atom. The van der Waals surface area contributed by atoms with Crippen LogP contribution in [0.3, 0.4) is 0 Å². The van der Waals surface area contributed by atoms with E-state index < -0.39 is 10.5 Å². The maximum atomic E-state index is 10.5. The molecular weight excluding hydrogens is 250 g/mol. The molecule has 0 aliphatic rings. The molecule has 0 aliphatic carbocycles. The van der Waals surface area contributed by atoms with Gasteiger partial charge in [0.15, 0.2) is 0 Å². The summed E-state index contributed by atoms with van der Waals surface area (Å²) in [5.41, 5.74) is 5.01. The van der Waals surface area contributed by atoms with Gasteiger partial charge in [-0.15, -0.1) is 11.8 Å². The summed E-state index contributed by atoms with van der Waals surface area (Å²) in [6.07, 6.45) is 0.561. The predicted molar refractivity (Wildman–Crippen MR) is 71.2 cm³/mol. The molecule has 18 heavy (non-hydrogen) atoms. The van der Waals surface area contributed by atoms with E-state index in [4.69, 9.17) is 11.0 Å². The molecule has 2 atom stereocenters. The summed E-state index contributed by atoms with van der Waals surface area (Å²) in [5.74, 6) is 0. The number of nitro benzene ring substituents is 1. The highest BCUT2D eigenvalue weighted by Crippen LogP contribution is 2.29. The summed E-state index contributed by atoms with van der Waals surface area (Å²) < 4.78 is 0. The maximum absolute atomic E-state index is 10.5. The minimum Gasteiger partial charge on any atom is -0.314 e. The Morgan fingerprint density at radius 2 is 2.11 bits per heavy atom. The van der Waals surface area contributed by atoms with Gasteiger partial charge in [-0.1, -0.05) is 6.92 Å². The van der Waals surface area contributed by atoms with E-state index in [1.165, 1.54) is 12.1 Å². The third-order valence-electron chi connectivity index (χ3n) is 2.35. The van der Waals surface area contributed by atoms with Gasteiger partial charge in [-0.25, -0.2) is 0 Å². The van der Waals surface area contributed by atoms with Crippen molar-refractivity contribution in [1.29, 1.82) is 5.26 Å². The molecule has 0 bridgehead atoms. The average Bonchev–Trinajstić information content (AvgIpc) is 2.29. The van der Waals surface area contributed by atoms with Gasteiger partial charge in [0.25, 0.3) is 5.69 Å². The summed E-state index contributed by atoms with van der Waals surface area (Å²) in [4.78, 5) is 11.0. The number of nitrogens with two attached hydrogens (primary N) is 1. The largest absolute Gasteiger partial charge is 0.314 e. The van der Waals surface area contributed by atoms with Crippen LogP contribution in [0, 0.1) is 21.4 Å². The van der Waals surface area contributed by atoms with Crippen LogP contribution in [0.1, 0.15) is 20.3 Å². The Bertz CT molecular complexity index is 465. The Kier molecular flexibility index (Phi) is 4.70. The number of thioether (sulfide) groups is 1. The highest BCUT2D eigenvalue weighted by atomic mass is 32.2. The van der Waals surface area contributed by atoms with E-state index in [1.807, 2.05) is 6.92 Å². The van der Waals surface area contributed by atoms with Crippen molar-refractivity contribution in [1.82, 2.24) is 0 Å². The van der Waals surface area contributed by atoms with Gasteiger partial charge in [-0.3, -0.25) is 10.1 Å². The van der Waals surface area contributed by atoms with Gasteiger partial charge in [0.05, 0.1) is 11.0 Å². The van der Waals surface area contributed by atoms with Crippen molar-refractivity contribution in [2.75, 3.05) is 0 Å². The molecule has 0 fully saturated rings. The summed E-state index contributed by atoms with van der Waals surface area (Å²) in [6.45, 7) is 3.68. The van der Waals surface area contributed by atoms with Crippen LogP contribution in [0.15, 0.2) is 29.2 Å². The molecule has 0 aromatic heterocycles. The van der Waals surface area contributed by atoms with Crippen molar-refractivity contribution in [3.8, 4) is 6.07 Å². The molecule has 5 nitrogen and oxygen atoms in total. The molecule has 1 rings (SSSR count). The first kappa shape index (κ1) is 14.5. The zero-order chi connectivity index (χ0) is 13.8. The molecule has 0 saturated heterocycles. The van der Waals surface area contributed by atoms with Crippen LogP contribution in [0.25, 0.3) is 0 Å². The number of hydrogen-bond donors (Lipinski definition) is 1. The summed E-state index contributed by atoms with van der Waals surface area (Å²) in [5, 5.41) is 19.5. The topological polar surface area (TPSA) is 93.0 Å². The zero-order valence-corrected chi connectivity index (χ0v) is 11.1. The van der Waals surface area contributed by atoms with Gasteiger partial charge in [-0.05, 0) is 25.5 Å². The molecule has 0 radical (unpaired) electrons. The van der Waals surface area contributed by atoms with E-state index in [9.17, 15) is 10.1 Å². The monoisotopic (exact) mass is 265 g/mol. The van der Waals surface area contributed by atoms with Crippen LogP contribution in [0.2, 0.25) is 0 Å². The normalized spacial score (nSPS) is 15.4. The number of benzene rings is 1. The lowest BCUT2D eigenvalue weighted by Crippen LogP contribution is -2.36. The van der Waals surface area contributed by atoms with Crippen molar-refractivity contribution in [2.45, 2.75) is 36.0 Å². The van der Waals surface area contributed by atoms with E-state index in [0.717, 1.165) is 4.90 Å². The second-order valence-electron chi connectivity index (χ2n) is 4.41. The van der Waals surface area contributed by atoms with Crippen molar-refractivity contribution >= 4 is 17.4 Å². The van der Waals surface area contributed by atoms with Crippen LogP contribution in [0.5, 0.6) is 0 Å². The van der Waals surface area contributed by atoms with Crippen molar-refractivity contribution < 1.29 is 4.92 Å². The van der Waals surface area contributed by atoms with E-state index in [0.29, 0.717) is 6.42 Å². The highest BCUT2D eigenvalue weighted by Gasteiger charge is 2.21. The van der Waals surface area contributed by atoms with Crippen LogP contribution in [-0.2, 0) is 0 Å².